The zero-order valence-corrected chi connectivity index (χ0v) is 18.7. The third-order valence-electron chi connectivity index (χ3n) is 5.68. The van der Waals surface area contributed by atoms with Crippen LogP contribution in [0.1, 0.15) is 41.3 Å². The number of hydrogen-bond acceptors (Lipinski definition) is 5. The van der Waals surface area contributed by atoms with Gasteiger partial charge in [-0.3, -0.25) is 9.59 Å². The minimum atomic E-state index is -0.367. The summed E-state index contributed by atoms with van der Waals surface area (Å²) in [5.41, 5.74) is 1.89. The van der Waals surface area contributed by atoms with Gasteiger partial charge in [0.25, 0.3) is 0 Å². The smallest absolute Gasteiger partial charge is 0.227 e. The van der Waals surface area contributed by atoms with Gasteiger partial charge in [0.2, 0.25) is 11.8 Å². The van der Waals surface area contributed by atoms with E-state index in [0.29, 0.717) is 29.5 Å². The van der Waals surface area contributed by atoms with E-state index in [1.54, 1.807) is 30.2 Å². The molecule has 0 saturated carbocycles. The lowest BCUT2D eigenvalue weighted by Gasteiger charge is -2.19. The van der Waals surface area contributed by atoms with Gasteiger partial charge >= 0.3 is 0 Å². The first-order valence-electron chi connectivity index (χ1n) is 10.4. The number of amides is 2. The first-order chi connectivity index (χ1) is 14.5. The second kappa shape index (κ2) is 9.35. The minimum absolute atomic E-state index is 0.0784. The molecule has 1 saturated heterocycles. The molecule has 1 fully saturated rings. The molecule has 160 valence electrons. The van der Waals surface area contributed by atoms with Crippen molar-refractivity contribution in [1.82, 2.24) is 10.3 Å². The maximum atomic E-state index is 12.6. The van der Waals surface area contributed by atoms with Gasteiger partial charge in [0, 0.05) is 35.8 Å². The standard InChI is InChI=1S/C22H26ClN3O3S/c1-29-18-9-8-15(23)12-17(18)26-13-14(11-21(26)27)22(28)24-10-4-7-20-25-16-5-2-3-6-19(16)30-20/h8-9,12,14H,2-7,10-11,13H2,1H3,(H,24,28). The molecule has 1 atom stereocenters. The SMILES string of the molecule is COc1ccc(Cl)cc1N1CC(C(=O)NCCCc2nc3c(s2)CCCC3)CC1=O. The summed E-state index contributed by atoms with van der Waals surface area (Å²) >= 11 is 7.91. The molecule has 1 aromatic carbocycles. The lowest BCUT2D eigenvalue weighted by molar-refractivity contribution is -0.126. The third kappa shape index (κ3) is 4.62. The Balaban J connectivity index is 1.28. The molecular formula is C22H26ClN3O3S. The maximum absolute atomic E-state index is 12.6. The van der Waals surface area contributed by atoms with E-state index in [4.69, 9.17) is 21.3 Å². The summed E-state index contributed by atoms with van der Waals surface area (Å²) in [4.78, 5) is 32.9. The predicted octanol–water partition coefficient (Wildman–Crippen LogP) is 3.79. The number of methoxy groups -OCH3 is 1. The van der Waals surface area contributed by atoms with Crippen molar-refractivity contribution in [2.45, 2.75) is 44.9 Å². The number of halogens is 1. The number of fused-ring (bicyclic) bond motifs is 1. The Kier molecular flexibility index (Phi) is 6.58. The Labute approximate surface area is 185 Å². The first kappa shape index (κ1) is 21.1. The van der Waals surface area contributed by atoms with Crippen molar-refractivity contribution in [3.63, 3.8) is 0 Å². The summed E-state index contributed by atoms with van der Waals surface area (Å²) in [6.45, 7) is 0.925. The van der Waals surface area contributed by atoms with Crippen molar-refractivity contribution < 1.29 is 14.3 Å². The van der Waals surface area contributed by atoms with Crippen LogP contribution in [0.5, 0.6) is 5.75 Å². The second-order valence-corrected chi connectivity index (χ2v) is 9.41. The molecule has 1 aliphatic heterocycles. The fourth-order valence-corrected chi connectivity index (χ4v) is 5.46. The molecule has 1 unspecified atom stereocenters. The van der Waals surface area contributed by atoms with Crippen LogP contribution in [0.2, 0.25) is 5.02 Å². The zero-order valence-electron chi connectivity index (χ0n) is 17.1. The molecule has 1 aromatic heterocycles. The summed E-state index contributed by atoms with van der Waals surface area (Å²) in [5.74, 6) is 0.0303. The van der Waals surface area contributed by atoms with Crippen LogP contribution >= 0.6 is 22.9 Å². The molecule has 2 heterocycles. The van der Waals surface area contributed by atoms with E-state index in [-0.39, 0.29) is 24.2 Å². The van der Waals surface area contributed by atoms with Crippen molar-refractivity contribution in [3.05, 3.63) is 38.8 Å². The number of nitrogens with one attached hydrogen (secondary N) is 1. The lowest BCUT2D eigenvalue weighted by Crippen LogP contribution is -2.33. The summed E-state index contributed by atoms with van der Waals surface area (Å²) in [6, 6.07) is 5.15. The molecule has 8 heteroatoms. The fraction of sp³-hybridized carbons (Fsp3) is 0.500. The quantitative estimate of drug-likeness (QED) is 0.655. The van der Waals surface area contributed by atoms with Gasteiger partial charge in [-0.1, -0.05) is 11.6 Å². The highest BCUT2D eigenvalue weighted by Crippen LogP contribution is 2.35. The number of carbonyl (C=O) groups is 2. The minimum Gasteiger partial charge on any atom is -0.495 e. The number of nitrogens with zero attached hydrogens (tertiary/aromatic N) is 2. The number of aromatic nitrogens is 1. The highest BCUT2D eigenvalue weighted by molar-refractivity contribution is 7.11. The number of benzene rings is 1. The van der Waals surface area contributed by atoms with E-state index < -0.39 is 0 Å². The molecule has 1 aliphatic carbocycles. The van der Waals surface area contributed by atoms with E-state index in [1.807, 2.05) is 11.3 Å². The summed E-state index contributed by atoms with van der Waals surface area (Å²) in [6.07, 6.45) is 6.70. The average molecular weight is 448 g/mol. The molecule has 4 rings (SSSR count). The number of hydrogen-bond donors (Lipinski definition) is 1. The molecule has 1 N–H and O–H groups in total. The number of anilines is 1. The van der Waals surface area contributed by atoms with E-state index in [9.17, 15) is 9.59 Å². The normalized spacial score (nSPS) is 18.4. The molecule has 6 nitrogen and oxygen atoms in total. The zero-order chi connectivity index (χ0) is 21.1. The molecule has 0 spiro atoms. The first-order valence-corrected chi connectivity index (χ1v) is 11.6. The highest BCUT2D eigenvalue weighted by Gasteiger charge is 2.36. The highest BCUT2D eigenvalue weighted by atomic mass is 35.5. The maximum Gasteiger partial charge on any atom is 0.227 e. The van der Waals surface area contributed by atoms with Crippen LogP contribution in [0, 0.1) is 5.92 Å². The largest absolute Gasteiger partial charge is 0.495 e. The monoisotopic (exact) mass is 447 g/mol. The van der Waals surface area contributed by atoms with Crippen molar-refractivity contribution in [2.75, 3.05) is 25.1 Å². The average Bonchev–Trinajstić information content (AvgIpc) is 3.34. The summed E-state index contributed by atoms with van der Waals surface area (Å²) in [7, 11) is 1.55. The van der Waals surface area contributed by atoms with Crippen molar-refractivity contribution >= 4 is 40.4 Å². The summed E-state index contributed by atoms with van der Waals surface area (Å²) < 4.78 is 5.35. The Morgan fingerprint density at radius 3 is 3.00 bits per heavy atom. The van der Waals surface area contributed by atoms with Gasteiger partial charge in [-0.15, -0.1) is 11.3 Å². The predicted molar refractivity (Wildman–Crippen MR) is 119 cm³/mol. The van der Waals surface area contributed by atoms with Gasteiger partial charge in [-0.25, -0.2) is 4.98 Å². The van der Waals surface area contributed by atoms with Gasteiger partial charge in [0.05, 0.1) is 29.4 Å². The second-order valence-electron chi connectivity index (χ2n) is 7.80. The lowest BCUT2D eigenvalue weighted by atomic mass is 10.0. The van der Waals surface area contributed by atoms with Crippen LogP contribution in [0.15, 0.2) is 18.2 Å². The third-order valence-corrected chi connectivity index (χ3v) is 7.14. The van der Waals surface area contributed by atoms with Crippen LogP contribution < -0.4 is 15.0 Å². The topological polar surface area (TPSA) is 71.5 Å². The molecule has 2 aliphatic rings. The van der Waals surface area contributed by atoms with Gasteiger partial charge < -0.3 is 15.0 Å². The molecular weight excluding hydrogens is 422 g/mol. The molecule has 2 aromatic rings. The van der Waals surface area contributed by atoms with E-state index in [1.165, 1.54) is 28.4 Å². The van der Waals surface area contributed by atoms with Gasteiger partial charge in [0.15, 0.2) is 0 Å². The number of rotatable bonds is 7. The molecule has 30 heavy (non-hydrogen) atoms. The van der Waals surface area contributed by atoms with E-state index in [0.717, 1.165) is 25.7 Å². The Morgan fingerprint density at radius 1 is 1.37 bits per heavy atom. The Hall–Kier alpha value is -2.12. The number of ether oxygens (including phenoxy) is 1. The molecule has 0 radical (unpaired) electrons. The van der Waals surface area contributed by atoms with E-state index in [2.05, 4.69) is 5.32 Å². The molecule has 0 bridgehead atoms. The van der Waals surface area contributed by atoms with Crippen molar-refractivity contribution in [2.24, 2.45) is 5.92 Å². The Morgan fingerprint density at radius 2 is 2.20 bits per heavy atom. The fourth-order valence-electron chi connectivity index (χ4n) is 4.10. The number of thiazole rings is 1. The van der Waals surface area contributed by atoms with Gasteiger partial charge in [-0.05, 0) is 50.3 Å². The van der Waals surface area contributed by atoms with Crippen LogP contribution in [0.25, 0.3) is 0 Å². The van der Waals surface area contributed by atoms with Gasteiger partial charge in [0.1, 0.15) is 5.75 Å². The van der Waals surface area contributed by atoms with Crippen LogP contribution in [-0.4, -0.2) is 37.0 Å². The Bertz CT molecular complexity index is 922. The van der Waals surface area contributed by atoms with E-state index >= 15 is 0 Å². The van der Waals surface area contributed by atoms with Gasteiger partial charge in [-0.2, -0.15) is 0 Å². The number of carbonyl (C=O) groups excluding carboxylic acids is 2. The van der Waals surface area contributed by atoms with Crippen LogP contribution in [0.3, 0.4) is 0 Å². The summed E-state index contributed by atoms with van der Waals surface area (Å²) in [5, 5.41) is 4.69. The molecule has 2 amide bonds. The van der Waals surface area contributed by atoms with Crippen LogP contribution in [0.4, 0.5) is 5.69 Å². The van der Waals surface area contributed by atoms with Crippen molar-refractivity contribution in [1.29, 1.82) is 0 Å². The number of aryl methyl sites for hydroxylation is 3. The van der Waals surface area contributed by atoms with Crippen molar-refractivity contribution in [3.8, 4) is 5.75 Å². The van der Waals surface area contributed by atoms with Crippen LogP contribution in [-0.2, 0) is 28.9 Å².